The standard InChI is InChI=1S/C17H18ClNO2/c1-11-7-8-15(12(2)16(11)21-3)19-17(20)14-6-4-5-13(9-14)10-18/h4-9H,10H2,1-3H3,(H,19,20). The van der Waals surface area contributed by atoms with Crippen LogP contribution < -0.4 is 10.1 Å². The van der Waals surface area contributed by atoms with Gasteiger partial charge in [-0.15, -0.1) is 11.6 Å². The molecule has 0 aliphatic carbocycles. The fourth-order valence-electron chi connectivity index (χ4n) is 2.27. The molecule has 0 aliphatic heterocycles. The van der Waals surface area contributed by atoms with Gasteiger partial charge in [0.25, 0.3) is 5.91 Å². The zero-order valence-electron chi connectivity index (χ0n) is 12.4. The zero-order chi connectivity index (χ0) is 15.4. The van der Waals surface area contributed by atoms with Gasteiger partial charge in [-0.3, -0.25) is 4.79 Å². The van der Waals surface area contributed by atoms with E-state index >= 15 is 0 Å². The normalized spacial score (nSPS) is 10.3. The van der Waals surface area contributed by atoms with Crippen molar-refractivity contribution in [3.05, 3.63) is 58.7 Å². The van der Waals surface area contributed by atoms with E-state index in [4.69, 9.17) is 16.3 Å². The average Bonchev–Trinajstić information content (AvgIpc) is 2.50. The minimum Gasteiger partial charge on any atom is -0.496 e. The van der Waals surface area contributed by atoms with Crippen molar-refractivity contribution in [2.45, 2.75) is 19.7 Å². The summed E-state index contributed by atoms with van der Waals surface area (Å²) in [7, 11) is 1.63. The van der Waals surface area contributed by atoms with Gasteiger partial charge in [-0.25, -0.2) is 0 Å². The average molecular weight is 304 g/mol. The monoisotopic (exact) mass is 303 g/mol. The molecule has 0 heterocycles. The first-order valence-corrected chi connectivity index (χ1v) is 7.20. The van der Waals surface area contributed by atoms with E-state index in [-0.39, 0.29) is 5.91 Å². The number of benzene rings is 2. The Morgan fingerprint density at radius 2 is 2.00 bits per heavy atom. The third kappa shape index (κ3) is 3.37. The van der Waals surface area contributed by atoms with Gasteiger partial charge in [0.15, 0.2) is 0 Å². The summed E-state index contributed by atoms with van der Waals surface area (Å²) in [6.45, 7) is 3.90. The van der Waals surface area contributed by atoms with Crippen LogP contribution in [0.2, 0.25) is 0 Å². The van der Waals surface area contributed by atoms with Crippen molar-refractivity contribution in [1.29, 1.82) is 0 Å². The molecule has 3 nitrogen and oxygen atoms in total. The molecule has 2 rings (SSSR count). The molecule has 1 amide bonds. The van der Waals surface area contributed by atoms with Crippen LogP contribution in [0.15, 0.2) is 36.4 Å². The second kappa shape index (κ2) is 6.64. The van der Waals surface area contributed by atoms with Crippen LogP contribution in [-0.4, -0.2) is 13.0 Å². The lowest BCUT2D eigenvalue weighted by Gasteiger charge is -2.14. The van der Waals surface area contributed by atoms with Gasteiger partial charge in [-0.05, 0) is 43.2 Å². The molecule has 0 aromatic heterocycles. The topological polar surface area (TPSA) is 38.3 Å². The Balaban J connectivity index is 2.27. The minimum atomic E-state index is -0.157. The number of rotatable bonds is 4. The summed E-state index contributed by atoms with van der Waals surface area (Å²) in [6.07, 6.45) is 0. The number of carbonyl (C=O) groups is 1. The van der Waals surface area contributed by atoms with Gasteiger partial charge in [0, 0.05) is 22.7 Å². The molecule has 2 aromatic rings. The van der Waals surface area contributed by atoms with Gasteiger partial charge >= 0.3 is 0 Å². The third-order valence-electron chi connectivity index (χ3n) is 3.40. The van der Waals surface area contributed by atoms with E-state index in [1.807, 2.05) is 38.1 Å². The number of ether oxygens (including phenoxy) is 1. The van der Waals surface area contributed by atoms with Gasteiger partial charge in [0.05, 0.1) is 7.11 Å². The van der Waals surface area contributed by atoms with Gasteiger partial charge in [-0.1, -0.05) is 18.2 Å². The molecule has 0 atom stereocenters. The first kappa shape index (κ1) is 15.4. The predicted molar refractivity (Wildman–Crippen MR) is 86.4 cm³/mol. The van der Waals surface area contributed by atoms with Crippen LogP contribution in [0.25, 0.3) is 0 Å². The van der Waals surface area contributed by atoms with Crippen LogP contribution in [0, 0.1) is 13.8 Å². The SMILES string of the molecule is COc1c(C)ccc(NC(=O)c2cccc(CCl)c2)c1C. The van der Waals surface area contributed by atoms with E-state index < -0.39 is 0 Å². The number of halogens is 1. The van der Waals surface area contributed by atoms with Gasteiger partial charge in [0.1, 0.15) is 5.75 Å². The summed E-state index contributed by atoms with van der Waals surface area (Å²) in [5, 5.41) is 2.92. The summed E-state index contributed by atoms with van der Waals surface area (Å²) >= 11 is 5.80. The maximum atomic E-state index is 12.3. The number of alkyl halides is 1. The Kier molecular flexibility index (Phi) is 4.86. The zero-order valence-corrected chi connectivity index (χ0v) is 13.1. The molecule has 0 bridgehead atoms. The van der Waals surface area contributed by atoms with Crippen molar-refractivity contribution in [3.63, 3.8) is 0 Å². The van der Waals surface area contributed by atoms with Crippen molar-refractivity contribution in [2.24, 2.45) is 0 Å². The van der Waals surface area contributed by atoms with E-state index in [0.717, 1.165) is 28.1 Å². The lowest BCUT2D eigenvalue weighted by molar-refractivity contribution is 0.102. The van der Waals surface area contributed by atoms with Crippen molar-refractivity contribution in [2.75, 3.05) is 12.4 Å². The minimum absolute atomic E-state index is 0.157. The highest BCUT2D eigenvalue weighted by Gasteiger charge is 2.12. The van der Waals surface area contributed by atoms with Crippen LogP contribution in [0.4, 0.5) is 5.69 Å². The van der Waals surface area contributed by atoms with Gasteiger partial charge in [0.2, 0.25) is 0 Å². The fraction of sp³-hybridized carbons (Fsp3) is 0.235. The Morgan fingerprint density at radius 1 is 1.24 bits per heavy atom. The van der Waals surface area contributed by atoms with E-state index in [9.17, 15) is 4.79 Å². The number of methoxy groups -OCH3 is 1. The van der Waals surface area contributed by atoms with Crippen molar-refractivity contribution >= 4 is 23.2 Å². The number of aryl methyl sites for hydroxylation is 1. The highest BCUT2D eigenvalue weighted by molar-refractivity contribution is 6.17. The molecule has 0 aliphatic rings. The van der Waals surface area contributed by atoms with Crippen LogP contribution in [0.3, 0.4) is 0 Å². The van der Waals surface area contributed by atoms with Crippen molar-refractivity contribution in [1.82, 2.24) is 0 Å². The molecule has 0 saturated heterocycles. The molecule has 0 unspecified atom stereocenters. The lowest BCUT2D eigenvalue weighted by atomic mass is 10.1. The number of hydrogen-bond acceptors (Lipinski definition) is 2. The summed E-state index contributed by atoms with van der Waals surface area (Å²) in [5.41, 5.74) is 4.21. The largest absolute Gasteiger partial charge is 0.496 e. The summed E-state index contributed by atoms with van der Waals surface area (Å²) in [6, 6.07) is 11.1. The second-order valence-electron chi connectivity index (χ2n) is 4.88. The maximum absolute atomic E-state index is 12.3. The molecule has 1 N–H and O–H groups in total. The van der Waals surface area contributed by atoms with E-state index in [2.05, 4.69) is 5.32 Å². The molecule has 0 fully saturated rings. The van der Waals surface area contributed by atoms with Crippen LogP contribution in [-0.2, 0) is 5.88 Å². The predicted octanol–water partition coefficient (Wildman–Crippen LogP) is 4.30. The van der Waals surface area contributed by atoms with Gasteiger partial charge in [-0.2, -0.15) is 0 Å². The summed E-state index contributed by atoms with van der Waals surface area (Å²) < 4.78 is 5.37. The summed E-state index contributed by atoms with van der Waals surface area (Å²) in [5.74, 6) is 1.02. The molecule has 21 heavy (non-hydrogen) atoms. The number of hydrogen-bond donors (Lipinski definition) is 1. The fourth-order valence-corrected chi connectivity index (χ4v) is 2.43. The quantitative estimate of drug-likeness (QED) is 0.855. The second-order valence-corrected chi connectivity index (χ2v) is 5.14. The maximum Gasteiger partial charge on any atom is 0.255 e. The first-order valence-electron chi connectivity index (χ1n) is 6.67. The molecule has 2 aromatic carbocycles. The number of nitrogens with one attached hydrogen (secondary N) is 1. The number of carbonyl (C=O) groups excluding carboxylic acids is 1. The number of amides is 1. The number of anilines is 1. The highest BCUT2D eigenvalue weighted by Crippen LogP contribution is 2.29. The van der Waals surface area contributed by atoms with Crippen LogP contribution in [0.1, 0.15) is 27.0 Å². The highest BCUT2D eigenvalue weighted by atomic mass is 35.5. The van der Waals surface area contributed by atoms with Crippen molar-refractivity contribution in [3.8, 4) is 5.75 Å². The Bertz CT molecular complexity index is 668. The van der Waals surface area contributed by atoms with Gasteiger partial charge < -0.3 is 10.1 Å². The smallest absolute Gasteiger partial charge is 0.255 e. The third-order valence-corrected chi connectivity index (χ3v) is 3.71. The summed E-state index contributed by atoms with van der Waals surface area (Å²) in [4.78, 5) is 12.3. The first-order chi connectivity index (χ1) is 10.1. The van der Waals surface area contributed by atoms with E-state index in [0.29, 0.717) is 11.4 Å². The van der Waals surface area contributed by atoms with E-state index in [1.54, 1.807) is 19.2 Å². The lowest BCUT2D eigenvalue weighted by Crippen LogP contribution is -2.13. The molecular weight excluding hydrogens is 286 g/mol. The molecule has 0 spiro atoms. The van der Waals surface area contributed by atoms with Crippen LogP contribution in [0.5, 0.6) is 5.75 Å². The Morgan fingerprint density at radius 3 is 2.67 bits per heavy atom. The molecule has 4 heteroatoms. The Hall–Kier alpha value is -2.00. The van der Waals surface area contributed by atoms with Crippen LogP contribution >= 0.6 is 11.6 Å². The molecule has 0 radical (unpaired) electrons. The molecule has 0 saturated carbocycles. The van der Waals surface area contributed by atoms with Crippen molar-refractivity contribution < 1.29 is 9.53 Å². The van der Waals surface area contributed by atoms with E-state index in [1.165, 1.54) is 0 Å². The molecular formula is C17H18ClNO2. The molecule has 110 valence electrons. The Labute approximate surface area is 129 Å².